The maximum atomic E-state index is 11.7. The number of carboxylic acids is 1. The molecule has 0 fully saturated rings. The molecule has 2 aromatic rings. The van der Waals surface area contributed by atoms with Crippen LogP contribution in [0.2, 0.25) is 0 Å². The number of hydrogen-bond acceptors (Lipinski definition) is 4. The molecule has 2 aromatic carbocycles. The molecule has 2 bridgehead atoms. The summed E-state index contributed by atoms with van der Waals surface area (Å²) in [6.07, 6.45) is -0.0734. The van der Waals surface area contributed by atoms with Crippen LogP contribution in [-0.4, -0.2) is 28.4 Å². The van der Waals surface area contributed by atoms with Gasteiger partial charge in [-0.15, -0.1) is 0 Å². The molecule has 3 atom stereocenters. The van der Waals surface area contributed by atoms with Crippen molar-refractivity contribution in [3.05, 3.63) is 64.7 Å². The van der Waals surface area contributed by atoms with Crippen molar-refractivity contribution in [1.82, 2.24) is 0 Å². The van der Waals surface area contributed by atoms with Crippen molar-refractivity contribution < 1.29 is 24.9 Å². The van der Waals surface area contributed by atoms with Crippen molar-refractivity contribution in [3.8, 4) is 5.75 Å². The minimum Gasteiger partial charge on any atom is -0.497 e. The molecule has 5 heteroatoms. The lowest BCUT2D eigenvalue weighted by atomic mass is 9.54. The van der Waals surface area contributed by atoms with Crippen LogP contribution < -0.4 is 4.74 Å². The molecule has 3 unspecified atom stereocenters. The Morgan fingerprint density at radius 3 is 2.39 bits per heavy atom. The van der Waals surface area contributed by atoms with Gasteiger partial charge >= 0.3 is 5.97 Å². The maximum Gasteiger partial charge on any atom is 0.310 e. The molecule has 0 spiro atoms. The monoisotopic (exact) mass is 312 g/mol. The van der Waals surface area contributed by atoms with Gasteiger partial charge in [-0.05, 0) is 34.4 Å². The van der Waals surface area contributed by atoms with Gasteiger partial charge < -0.3 is 20.1 Å². The van der Waals surface area contributed by atoms with Crippen molar-refractivity contribution in [2.75, 3.05) is 7.11 Å². The molecule has 0 saturated heterocycles. The van der Waals surface area contributed by atoms with Gasteiger partial charge in [0.2, 0.25) is 0 Å². The largest absolute Gasteiger partial charge is 0.497 e. The second kappa shape index (κ2) is 4.34. The number of methoxy groups -OCH3 is 1. The first-order valence-electron chi connectivity index (χ1n) is 7.39. The van der Waals surface area contributed by atoms with Crippen LogP contribution in [0.25, 0.3) is 0 Å². The summed E-state index contributed by atoms with van der Waals surface area (Å²) in [5, 5.41) is 32.3. The Morgan fingerprint density at radius 1 is 1.09 bits per heavy atom. The molecule has 0 amide bonds. The van der Waals surface area contributed by atoms with Crippen molar-refractivity contribution in [1.29, 1.82) is 0 Å². The first kappa shape index (κ1) is 14.2. The second-order valence-corrected chi connectivity index (χ2v) is 6.18. The Labute approximate surface area is 132 Å². The molecule has 0 radical (unpaired) electrons. The minimum atomic E-state index is -1.66. The fourth-order valence-corrected chi connectivity index (χ4v) is 4.10. The molecule has 0 aromatic heterocycles. The van der Waals surface area contributed by atoms with E-state index in [1.165, 1.54) is 7.11 Å². The molecule has 0 heterocycles. The van der Waals surface area contributed by atoms with Crippen molar-refractivity contribution in [3.63, 3.8) is 0 Å². The Balaban J connectivity index is 2.10. The van der Waals surface area contributed by atoms with E-state index < -0.39 is 23.1 Å². The van der Waals surface area contributed by atoms with Crippen molar-refractivity contribution in [2.24, 2.45) is 5.92 Å². The average molecular weight is 312 g/mol. The fraction of sp³-hybridized carbons (Fsp3) is 0.278. The topological polar surface area (TPSA) is 87.0 Å². The Kier molecular flexibility index (Phi) is 2.69. The predicted octanol–water partition coefficient (Wildman–Crippen LogP) is 1.58. The maximum absolute atomic E-state index is 11.7. The van der Waals surface area contributed by atoms with Gasteiger partial charge in [0, 0.05) is 6.42 Å². The number of fused-ring (bicyclic) bond motifs is 1. The number of aliphatic hydroxyl groups is 2. The van der Waals surface area contributed by atoms with Gasteiger partial charge in [-0.1, -0.05) is 30.3 Å². The lowest BCUT2D eigenvalue weighted by molar-refractivity contribution is -0.160. The number of aliphatic carboxylic acids is 1. The summed E-state index contributed by atoms with van der Waals surface area (Å²) < 4.78 is 5.22. The molecule has 0 saturated carbocycles. The Hall–Kier alpha value is -2.37. The number of carbonyl (C=O) groups is 1. The summed E-state index contributed by atoms with van der Waals surface area (Å²) in [5.41, 5.74) is -1.16. The van der Waals surface area contributed by atoms with Gasteiger partial charge in [-0.25, -0.2) is 0 Å². The summed E-state index contributed by atoms with van der Waals surface area (Å²) in [5.74, 6) is -1.68. The molecule has 5 rings (SSSR count). The van der Waals surface area contributed by atoms with Crippen molar-refractivity contribution in [2.45, 2.75) is 17.6 Å². The van der Waals surface area contributed by atoms with Crippen LogP contribution in [0.3, 0.4) is 0 Å². The zero-order valence-corrected chi connectivity index (χ0v) is 12.5. The van der Waals surface area contributed by atoms with Crippen LogP contribution in [0.5, 0.6) is 5.75 Å². The summed E-state index contributed by atoms with van der Waals surface area (Å²) in [6.45, 7) is 0. The van der Waals surface area contributed by atoms with Crippen LogP contribution in [-0.2, 0) is 16.0 Å². The Bertz CT molecular complexity index is 830. The molecule has 3 aliphatic carbocycles. The third kappa shape index (κ3) is 1.56. The van der Waals surface area contributed by atoms with Crippen LogP contribution in [0.4, 0.5) is 0 Å². The van der Waals surface area contributed by atoms with Gasteiger partial charge in [0.05, 0.1) is 13.0 Å². The Morgan fingerprint density at radius 2 is 1.74 bits per heavy atom. The molecule has 5 nitrogen and oxygen atoms in total. The highest BCUT2D eigenvalue weighted by Gasteiger charge is 2.62. The van der Waals surface area contributed by atoms with Gasteiger partial charge in [-0.2, -0.15) is 0 Å². The van der Waals surface area contributed by atoms with E-state index in [0.717, 1.165) is 0 Å². The molecule has 3 N–H and O–H groups in total. The number of ether oxygens (including phenoxy) is 1. The molecule has 23 heavy (non-hydrogen) atoms. The van der Waals surface area contributed by atoms with E-state index in [9.17, 15) is 20.1 Å². The van der Waals surface area contributed by atoms with Crippen LogP contribution >= 0.6 is 0 Å². The van der Waals surface area contributed by atoms with Crippen molar-refractivity contribution >= 4 is 5.97 Å². The third-order valence-electron chi connectivity index (χ3n) is 5.17. The number of carboxylic acid groups (broad SMARTS) is 1. The first-order valence-corrected chi connectivity index (χ1v) is 7.39. The highest BCUT2D eigenvalue weighted by molar-refractivity contribution is 5.78. The summed E-state index contributed by atoms with van der Waals surface area (Å²) in [6, 6.07) is 11.9. The standard InChI is InChI=1S/C18H16O5/c1-23-10-6-7-13-14(8-10)17(21)9-15(16(19)20)18(13,22)12-5-3-2-4-11(12)17/h2-8,15,21-22H,9H2,1H3,(H,19,20). The molecule has 3 aliphatic rings. The summed E-state index contributed by atoms with van der Waals surface area (Å²) in [4.78, 5) is 11.7. The molecule has 0 aliphatic heterocycles. The SMILES string of the molecule is COc1ccc2c(c1)C1(O)CC(C(=O)O)C2(O)c2ccccc21. The molecule has 118 valence electrons. The van der Waals surface area contributed by atoms with Gasteiger partial charge in [0.1, 0.15) is 17.0 Å². The highest BCUT2D eigenvalue weighted by Crippen LogP contribution is 2.60. The van der Waals surface area contributed by atoms with E-state index in [-0.39, 0.29) is 6.42 Å². The van der Waals surface area contributed by atoms with Gasteiger partial charge in [0.25, 0.3) is 0 Å². The lowest BCUT2D eigenvalue weighted by Gasteiger charge is -2.53. The van der Waals surface area contributed by atoms with E-state index in [1.54, 1.807) is 42.5 Å². The normalized spacial score (nSPS) is 30.5. The molecular weight excluding hydrogens is 296 g/mol. The third-order valence-corrected chi connectivity index (χ3v) is 5.17. The highest BCUT2D eigenvalue weighted by atomic mass is 16.5. The minimum absolute atomic E-state index is 0.0734. The number of hydrogen-bond donors (Lipinski definition) is 3. The quantitative estimate of drug-likeness (QED) is 0.784. The molecular formula is C18H16O5. The second-order valence-electron chi connectivity index (χ2n) is 6.18. The van der Waals surface area contributed by atoms with E-state index in [1.807, 2.05) is 0 Å². The van der Waals surface area contributed by atoms with Crippen LogP contribution in [0.15, 0.2) is 42.5 Å². The summed E-state index contributed by atoms with van der Waals surface area (Å²) in [7, 11) is 1.52. The van der Waals surface area contributed by atoms with E-state index in [2.05, 4.69) is 0 Å². The zero-order valence-electron chi connectivity index (χ0n) is 12.5. The number of rotatable bonds is 2. The predicted molar refractivity (Wildman–Crippen MR) is 81.2 cm³/mol. The van der Waals surface area contributed by atoms with E-state index >= 15 is 0 Å². The smallest absolute Gasteiger partial charge is 0.310 e. The zero-order chi connectivity index (χ0) is 16.4. The van der Waals surface area contributed by atoms with Crippen LogP contribution in [0.1, 0.15) is 28.7 Å². The average Bonchev–Trinajstić information content (AvgIpc) is 2.57. The summed E-state index contributed by atoms with van der Waals surface area (Å²) >= 11 is 0. The van der Waals surface area contributed by atoms with Gasteiger partial charge in [0.15, 0.2) is 0 Å². The van der Waals surface area contributed by atoms with E-state index in [0.29, 0.717) is 28.0 Å². The first-order chi connectivity index (χ1) is 10.9. The number of benzene rings is 2. The van der Waals surface area contributed by atoms with Crippen LogP contribution in [0, 0.1) is 5.92 Å². The lowest BCUT2D eigenvalue weighted by Crippen LogP contribution is -2.56. The fourth-order valence-electron chi connectivity index (χ4n) is 4.10. The van der Waals surface area contributed by atoms with E-state index in [4.69, 9.17) is 4.74 Å². The van der Waals surface area contributed by atoms with Gasteiger partial charge in [-0.3, -0.25) is 4.79 Å².